The Morgan fingerprint density at radius 3 is 2.72 bits per heavy atom. The fraction of sp³-hybridized carbons (Fsp3) is 0.812. The van der Waals surface area contributed by atoms with Crippen molar-refractivity contribution in [3.05, 3.63) is 11.6 Å². The summed E-state index contributed by atoms with van der Waals surface area (Å²) in [6, 6.07) is 0.957. The predicted octanol–water partition coefficient (Wildman–Crippen LogP) is -0.316. The second-order valence-corrected chi connectivity index (χ2v) is 7.08. The summed E-state index contributed by atoms with van der Waals surface area (Å²) in [4.78, 5) is 14.0. The highest BCUT2D eigenvalue weighted by atomic mass is 127. The van der Waals surface area contributed by atoms with Crippen LogP contribution in [0, 0.1) is 6.92 Å². The van der Waals surface area contributed by atoms with E-state index in [1.54, 1.807) is 0 Å². The van der Waals surface area contributed by atoms with E-state index >= 15 is 0 Å². The van der Waals surface area contributed by atoms with Gasteiger partial charge in [0.05, 0.1) is 6.54 Å². The molecular formula is C16H29IN8. The molecule has 3 fully saturated rings. The quantitative estimate of drug-likeness (QED) is 0.366. The Balaban J connectivity index is 0.00000182. The number of piperazine rings is 3. The Kier molecular flexibility index (Phi) is 6.16. The molecule has 2 atom stereocenters. The average molecular weight is 460 g/mol. The minimum Gasteiger partial charge on any atom is -0.355 e. The summed E-state index contributed by atoms with van der Waals surface area (Å²) in [5.74, 6) is 2.87. The third kappa shape index (κ3) is 4.25. The third-order valence-electron chi connectivity index (χ3n) is 5.43. The van der Waals surface area contributed by atoms with E-state index in [1.807, 2.05) is 18.7 Å². The second kappa shape index (κ2) is 8.17. The number of aromatic nitrogens is 3. The van der Waals surface area contributed by atoms with Crippen LogP contribution < -0.4 is 10.6 Å². The highest BCUT2D eigenvalue weighted by Gasteiger charge is 2.31. The maximum absolute atomic E-state index is 4.47. The Morgan fingerprint density at radius 1 is 1.24 bits per heavy atom. The Hall–Kier alpha value is -0.940. The van der Waals surface area contributed by atoms with Gasteiger partial charge >= 0.3 is 0 Å². The van der Waals surface area contributed by atoms with E-state index in [1.165, 1.54) is 32.7 Å². The van der Waals surface area contributed by atoms with Crippen LogP contribution in [0.2, 0.25) is 0 Å². The van der Waals surface area contributed by atoms with E-state index in [0.717, 1.165) is 43.5 Å². The van der Waals surface area contributed by atoms with E-state index in [9.17, 15) is 0 Å². The van der Waals surface area contributed by atoms with Crippen molar-refractivity contribution in [3.8, 4) is 0 Å². The van der Waals surface area contributed by atoms with Gasteiger partial charge in [-0.15, -0.1) is 24.0 Å². The van der Waals surface area contributed by atoms with E-state index in [2.05, 4.69) is 35.5 Å². The van der Waals surface area contributed by atoms with Gasteiger partial charge in [0.25, 0.3) is 0 Å². The summed E-state index contributed by atoms with van der Waals surface area (Å²) in [6.07, 6.45) is 2.04. The first kappa shape index (κ1) is 18.8. The molecule has 4 aliphatic rings. The first-order valence-electron chi connectivity index (χ1n) is 9.05. The summed E-state index contributed by atoms with van der Waals surface area (Å²) in [6.45, 7) is 9.81. The van der Waals surface area contributed by atoms with Crippen LogP contribution >= 0.6 is 24.0 Å². The molecule has 2 bridgehead atoms. The normalized spacial score (nSPS) is 31.2. The molecule has 8 nitrogen and oxygen atoms in total. The van der Waals surface area contributed by atoms with Gasteiger partial charge in [-0.2, -0.15) is 5.10 Å². The van der Waals surface area contributed by atoms with Crippen molar-refractivity contribution >= 4 is 29.9 Å². The van der Waals surface area contributed by atoms with Crippen molar-refractivity contribution in [3.63, 3.8) is 0 Å². The van der Waals surface area contributed by atoms with Crippen molar-refractivity contribution in [2.75, 3.05) is 46.3 Å². The highest BCUT2D eigenvalue weighted by molar-refractivity contribution is 14.0. The number of aryl methyl sites for hydroxylation is 2. The Bertz CT molecular complexity index is 607. The van der Waals surface area contributed by atoms with Crippen LogP contribution in [-0.2, 0) is 13.0 Å². The monoisotopic (exact) mass is 460 g/mol. The van der Waals surface area contributed by atoms with Gasteiger partial charge in [-0.25, -0.2) is 9.67 Å². The molecule has 1 aromatic heterocycles. The van der Waals surface area contributed by atoms with Crippen LogP contribution in [0.1, 0.15) is 18.1 Å². The lowest BCUT2D eigenvalue weighted by Crippen LogP contribution is -2.64. The topological polar surface area (TPSA) is 73.6 Å². The lowest BCUT2D eigenvalue weighted by Gasteiger charge is -2.47. The molecule has 3 saturated heterocycles. The number of guanidine groups is 1. The molecule has 0 aliphatic carbocycles. The Morgan fingerprint density at radius 2 is 2.04 bits per heavy atom. The summed E-state index contributed by atoms with van der Waals surface area (Å²) in [5.41, 5.74) is 0. The van der Waals surface area contributed by atoms with Crippen LogP contribution in [0.15, 0.2) is 4.99 Å². The van der Waals surface area contributed by atoms with Crippen LogP contribution in [0.3, 0.4) is 0 Å². The zero-order valence-electron chi connectivity index (χ0n) is 15.1. The van der Waals surface area contributed by atoms with Gasteiger partial charge in [0.2, 0.25) is 0 Å². The number of hydrogen-bond acceptors (Lipinski definition) is 5. The van der Waals surface area contributed by atoms with Gasteiger partial charge in [-0.1, -0.05) is 0 Å². The van der Waals surface area contributed by atoms with Crippen molar-refractivity contribution in [1.82, 2.24) is 35.2 Å². The van der Waals surface area contributed by atoms with Gasteiger partial charge in [0.1, 0.15) is 11.6 Å². The summed E-state index contributed by atoms with van der Waals surface area (Å²) >= 11 is 0. The van der Waals surface area contributed by atoms with Crippen LogP contribution in [0.5, 0.6) is 0 Å². The molecule has 5 rings (SSSR count). The van der Waals surface area contributed by atoms with Crippen molar-refractivity contribution in [1.29, 1.82) is 0 Å². The fourth-order valence-corrected chi connectivity index (χ4v) is 4.07. The number of rotatable bonds is 3. The van der Waals surface area contributed by atoms with Crippen molar-refractivity contribution in [2.24, 2.45) is 4.99 Å². The molecular weight excluding hydrogens is 431 g/mol. The van der Waals surface area contributed by atoms with Gasteiger partial charge in [0, 0.05) is 64.8 Å². The van der Waals surface area contributed by atoms with E-state index in [0.29, 0.717) is 12.1 Å². The number of nitrogens with one attached hydrogen (secondary N) is 2. The van der Waals surface area contributed by atoms with E-state index in [4.69, 9.17) is 0 Å². The smallest absolute Gasteiger partial charge is 0.191 e. The Labute approximate surface area is 166 Å². The molecule has 0 radical (unpaired) electrons. The molecule has 9 heteroatoms. The zero-order chi connectivity index (χ0) is 16.5. The molecule has 2 N–H and O–H groups in total. The molecule has 1 aromatic rings. The third-order valence-corrected chi connectivity index (χ3v) is 5.43. The van der Waals surface area contributed by atoms with Crippen LogP contribution in [0.25, 0.3) is 0 Å². The van der Waals surface area contributed by atoms with E-state index < -0.39 is 0 Å². The molecule has 4 aliphatic heterocycles. The van der Waals surface area contributed by atoms with Gasteiger partial charge in [-0.05, 0) is 13.3 Å². The van der Waals surface area contributed by atoms with Crippen molar-refractivity contribution in [2.45, 2.75) is 38.4 Å². The van der Waals surface area contributed by atoms with Crippen molar-refractivity contribution < 1.29 is 0 Å². The second-order valence-electron chi connectivity index (χ2n) is 7.08. The molecule has 0 spiro atoms. The average Bonchev–Trinajstić information content (AvgIpc) is 2.99. The lowest BCUT2D eigenvalue weighted by atomic mass is 10.1. The molecule has 5 heterocycles. The van der Waals surface area contributed by atoms with E-state index in [-0.39, 0.29) is 24.0 Å². The van der Waals surface area contributed by atoms with Crippen LogP contribution in [0.4, 0.5) is 0 Å². The summed E-state index contributed by atoms with van der Waals surface area (Å²) < 4.78 is 2.03. The lowest BCUT2D eigenvalue weighted by molar-refractivity contribution is 0.0154. The largest absolute Gasteiger partial charge is 0.355 e. The van der Waals surface area contributed by atoms with Gasteiger partial charge < -0.3 is 10.6 Å². The first-order chi connectivity index (χ1) is 11.7. The standard InChI is InChI=1S/C16H28N8.HI/c1-12-19-15-4-3-13(10-24(15)21-12)20-16(17-2)18-9-14-11-22-5-7-23(14)8-6-22;/h13-14H,3-11H2,1-2H3,(H2,17,18,20);1H. The maximum Gasteiger partial charge on any atom is 0.191 e. The highest BCUT2D eigenvalue weighted by Crippen LogP contribution is 2.15. The molecule has 2 unspecified atom stereocenters. The number of nitrogens with zero attached hydrogens (tertiary/aromatic N) is 6. The minimum atomic E-state index is 0. The molecule has 0 aromatic carbocycles. The number of fused-ring (bicyclic) bond motifs is 4. The number of halogens is 1. The molecule has 0 amide bonds. The predicted molar refractivity (Wildman–Crippen MR) is 109 cm³/mol. The number of aliphatic imine (C=N–C) groups is 1. The summed E-state index contributed by atoms with van der Waals surface area (Å²) in [7, 11) is 1.85. The van der Waals surface area contributed by atoms with Crippen LogP contribution in [-0.4, -0.2) is 88.9 Å². The molecule has 0 saturated carbocycles. The number of hydrogen-bond donors (Lipinski definition) is 2. The summed E-state index contributed by atoms with van der Waals surface area (Å²) in [5, 5.41) is 11.6. The SMILES string of the molecule is CN=C(NCC1CN2CCN1CC2)NC1CCc2nc(C)nn2C1.I. The minimum absolute atomic E-state index is 0. The van der Waals surface area contributed by atoms with Gasteiger partial charge in [0.15, 0.2) is 5.96 Å². The zero-order valence-corrected chi connectivity index (χ0v) is 17.4. The van der Waals surface area contributed by atoms with Gasteiger partial charge in [-0.3, -0.25) is 14.8 Å². The molecule has 140 valence electrons. The molecule has 25 heavy (non-hydrogen) atoms. The maximum atomic E-state index is 4.47. The first-order valence-corrected chi connectivity index (χ1v) is 9.05. The fourth-order valence-electron chi connectivity index (χ4n) is 4.07.